The van der Waals surface area contributed by atoms with Crippen LogP contribution in [0.3, 0.4) is 0 Å². The van der Waals surface area contributed by atoms with Crippen molar-refractivity contribution >= 4 is 11.6 Å². The molecule has 0 aromatic heterocycles. The number of hydrogen-bond donors (Lipinski definition) is 1. The minimum absolute atomic E-state index is 0. The van der Waals surface area contributed by atoms with E-state index >= 15 is 0 Å². The summed E-state index contributed by atoms with van der Waals surface area (Å²) >= 11 is 0. The summed E-state index contributed by atoms with van der Waals surface area (Å²) in [5.74, 6) is 0.00904. The lowest BCUT2D eigenvalue weighted by Crippen LogP contribution is -3.00. The van der Waals surface area contributed by atoms with Crippen molar-refractivity contribution in [3.05, 3.63) is 33.9 Å². The maximum atomic E-state index is 12.4. The molecule has 0 bridgehead atoms. The van der Waals surface area contributed by atoms with Gasteiger partial charge in [-0.15, -0.1) is 0 Å². The first-order valence-corrected chi connectivity index (χ1v) is 7.40. The van der Waals surface area contributed by atoms with Crippen molar-refractivity contribution < 1.29 is 32.3 Å². The van der Waals surface area contributed by atoms with Gasteiger partial charge in [-0.25, -0.2) is 0 Å². The molecule has 0 spiro atoms. The quantitative estimate of drug-likeness (QED) is 0.481. The zero-order chi connectivity index (χ0) is 16.1. The van der Waals surface area contributed by atoms with E-state index in [0.29, 0.717) is 5.75 Å². The third kappa shape index (κ3) is 5.33. The number of carbonyl (C=O) groups is 1. The number of nitrogens with zero attached hydrogens (tertiary/aromatic N) is 2. The molecule has 9 heteroatoms. The third-order valence-corrected chi connectivity index (χ3v) is 3.93. The highest BCUT2D eigenvalue weighted by Gasteiger charge is 2.23. The molecule has 1 aliphatic rings. The average molecular weight is 361 g/mol. The molecule has 1 fully saturated rings. The van der Waals surface area contributed by atoms with Crippen LogP contribution in [-0.2, 0) is 0 Å². The van der Waals surface area contributed by atoms with Gasteiger partial charge in [0, 0.05) is 24.7 Å². The molecule has 8 nitrogen and oxygen atoms in total. The van der Waals surface area contributed by atoms with Crippen LogP contribution in [0.2, 0.25) is 0 Å². The lowest BCUT2D eigenvalue weighted by molar-refractivity contribution is -0.384. The second-order valence-corrected chi connectivity index (χ2v) is 5.35. The second kappa shape index (κ2) is 10.1. The van der Waals surface area contributed by atoms with Gasteiger partial charge >= 0.3 is 0 Å². The van der Waals surface area contributed by atoms with Crippen molar-refractivity contribution in [1.29, 1.82) is 0 Å². The molecule has 2 rings (SSSR count). The fourth-order valence-electron chi connectivity index (χ4n) is 2.71. The van der Waals surface area contributed by atoms with Crippen LogP contribution in [-0.4, -0.2) is 54.0 Å². The van der Waals surface area contributed by atoms with E-state index in [4.69, 9.17) is 4.74 Å². The van der Waals surface area contributed by atoms with Gasteiger partial charge in [0.05, 0.1) is 17.6 Å². The number of carbonyl (C=O) groups excluding carboxylic acids is 1. The number of hydrogen-bond acceptors (Lipinski definition) is 5. The normalized spacial score (nSPS) is 17.2. The molecule has 0 aliphatic carbocycles. The van der Waals surface area contributed by atoms with Crippen molar-refractivity contribution in [3.63, 3.8) is 0 Å². The number of nitrogens with one attached hydrogen (secondary N) is 1. The highest BCUT2D eigenvalue weighted by Crippen LogP contribution is 2.24. The number of rotatable bonds is 5. The topological polar surface area (TPSA) is 116 Å². The number of amides is 1. The molecule has 0 saturated carbocycles. The zero-order valence-corrected chi connectivity index (χ0v) is 14.5. The van der Waals surface area contributed by atoms with Gasteiger partial charge in [-0.2, -0.15) is 0 Å². The molecule has 1 unspecified atom stereocenters. The van der Waals surface area contributed by atoms with Crippen molar-refractivity contribution in [3.8, 4) is 5.75 Å². The van der Waals surface area contributed by atoms with Crippen LogP contribution in [0.5, 0.6) is 5.75 Å². The first kappa shape index (κ1) is 22.1. The summed E-state index contributed by atoms with van der Waals surface area (Å²) in [6.45, 7) is 4.89. The first-order valence-electron chi connectivity index (χ1n) is 7.40. The van der Waals surface area contributed by atoms with Gasteiger partial charge < -0.3 is 32.8 Å². The number of likely N-dealkylation sites (N-methyl/N-ethyl adjacent to an activating group) is 1. The van der Waals surface area contributed by atoms with Crippen LogP contribution in [0, 0.1) is 10.1 Å². The predicted octanol–water partition coefficient (Wildman–Crippen LogP) is -2.00. The van der Waals surface area contributed by atoms with Gasteiger partial charge in [0.25, 0.3) is 11.6 Å². The van der Waals surface area contributed by atoms with E-state index < -0.39 is 4.92 Å². The number of likely N-dealkylation sites (tertiary alicyclic amines) is 1. The summed E-state index contributed by atoms with van der Waals surface area (Å²) in [6, 6.07) is 4.10. The van der Waals surface area contributed by atoms with E-state index in [1.807, 2.05) is 0 Å². The van der Waals surface area contributed by atoms with Gasteiger partial charge in [-0.3, -0.25) is 14.9 Å². The monoisotopic (exact) mass is 360 g/mol. The maximum absolute atomic E-state index is 12.4. The number of halogens is 1. The van der Waals surface area contributed by atoms with E-state index in [9.17, 15) is 14.9 Å². The van der Waals surface area contributed by atoms with E-state index in [1.165, 1.54) is 25.3 Å². The third-order valence-electron chi connectivity index (χ3n) is 3.93. The molecule has 1 saturated heterocycles. The Bertz CT molecular complexity index is 570. The Kier molecular flexibility index (Phi) is 9.27. The van der Waals surface area contributed by atoms with Gasteiger partial charge in [0.2, 0.25) is 0 Å². The molecule has 1 aliphatic heterocycles. The minimum Gasteiger partial charge on any atom is -1.00 e. The van der Waals surface area contributed by atoms with Crippen LogP contribution < -0.4 is 22.5 Å². The Morgan fingerprint density at radius 2 is 2.21 bits per heavy atom. The van der Waals surface area contributed by atoms with E-state index in [2.05, 4.69) is 17.1 Å². The number of benzene rings is 1. The summed E-state index contributed by atoms with van der Waals surface area (Å²) in [4.78, 5) is 25.1. The number of non-ortho nitro benzene ring substituents is 1. The Balaban J connectivity index is 0.00000264. The minimum atomic E-state index is -0.518. The van der Waals surface area contributed by atoms with Crippen LogP contribution in [0.25, 0.3) is 0 Å². The maximum Gasteiger partial charge on any atom is 0.270 e. The van der Waals surface area contributed by atoms with Crippen LogP contribution in [0.15, 0.2) is 18.2 Å². The lowest BCUT2D eigenvalue weighted by Gasteiger charge is -2.32. The van der Waals surface area contributed by atoms with Gasteiger partial charge in [-0.1, -0.05) is 6.92 Å². The number of ether oxygens (including phenoxy) is 1. The molecular weight excluding hydrogens is 338 g/mol. The van der Waals surface area contributed by atoms with Crippen LogP contribution in [0.1, 0.15) is 30.1 Å². The second-order valence-electron chi connectivity index (χ2n) is 5.35. The van der Waals surface area contributed by atoms with Crippen molar-refractivity contribution in [2.24, 2.45) is 0 Å². The number of nitro benzene ring substituents is 1. The molecule has 24 heavy (non-hydrogen) atoms. The molecule has 1 amide bonds. The van der Waals surface area contributed by atoms with Crippen molar-refractivity contribution in [1.82, 2.24) is 10.2 Å². The Hall–Kier alpha value is -1.90. The molecule has 0 radical (unpaired) electrons. The number of methoxy groups -OCH3 is 1. The molecule has 1 aromatic carbocycles. The lowest BCUT2D eigenvalue weighted by atomic mass is 10.0. The molecule has 136 valence electrons. The molecular formula is C15H23ClN3O5-. The van der Waals surface area contributed by atoms with E-state index in [0.717, 1.165) is 32.5 Å². The predicted molar refractivity (Wildman–Crippen MR) is 85.9 cm³/mol. The molecule has 1 atom stereocenters. The summed E-state index contributed by atoms with van der Waals surface area (Å²) in [6.07, 6.45) is 1.95. The van der Waals surface area contributed by atoms with Gasteiger partial charge in [0.15, 0.2) is 0 Å². The Labute approximate surface area is 147 Å². The smallest absolute Gasteiger partial charge is 0.270 e. The highest BCUT2D eigenvalue weighted by atomic mass is 35.5. The molecule has 3 N–H and O–H groups in total. The molecule has 1 aromatic rings. The Morgan fingerprint density at radius 1 is 1.50 bits per heavy atom. The van der Waals surface area contributed by atoms with E-state index in [-0.39, 0.29) is 41.1 Å². The fourth-order valence-corrected chi connectivity index (χ4v) is 2.71. The van der Waals surface area contributed by atoms with Crippen molar-refractivity contribution in [2.45, 2.75) is 25.8 Å². The highest BCUT2D eigenvalue weighted by molar-refractivity contribution is 5.97. The molecule has 1 heterocycles. The summed E-state index contributed by atoms with van der Waals surface area (Å²) in [7, 11) is 1.44. The summed E-state index contributed by atoms with van der Waals surface area (Å²) in [5, 5.41) is 13.8. The van der Waals surface area contributed by atoms with Crippen LogP contribution in [0.4, 0.5) is 5.69 Å². The summed E-state index contributed by atoms with van der Waals surface area (Å²) < 4.78 is 5.14. The first-order chi connectivity index (χ1) is 10.5. The van der Waals surface area contributed by atoms with Gasteiger partial charge in [-0.05, 0) is 32.0 Å². The largest absolute Gasteiger partial charge is 1.00 e. The Morgan fingerprint density at radius 3 is 2.79 bits per heavy atom. The summed E-state index contributed by atoms with van der Waals surface area (Å²) in [5.41, 5.74) is 0.0788. The average Bonchev–Trinajstić information content (AvgIpc) is 2.54. The fraction of sp³-hybridized carbons (Fsp3) is 0.533. The van der Waals surface area contributed by atoms with Gasteiger partial charge in [0.1, 0.15) is 5.75 Å². The number of piperidine rings is 1. The number of nitro groups is 1. The van der Waals surface area contributed by atoms with E-state index in [1.54, 1.807) is 0 Å². The zero-order valence-electron chi connectivity index (χ0n) is 13.8. The van der Waals surface area contributed by atoms with Crippen molar-refractivity contribution in [2.75, 3.05) is 26.7 Å². The standard InChI is InChI=1S/C15H21N3O4.ClH.H2O/c1-3-17-8-4-5-11(10-17)16-15(19)13-9-12(18(20)21)6-7-14(13)22-2;;/h6-7,9,11H,3-5,8,10H2,1-2H3,(H,16,19);1H;1H2/p-1. The van der Waals surface area contributed by atoms with Crippen LogP contribution >= 0.6 is 0 Å². The SMILES string of the molecule is CCN1CCCC(NC(=O)c2cc([N+](=O)[O-])ccc2OC)C1.O.[Cl-].